The van der Waals surface area contributed by atoms with Crippen LogP contribution in [0.15, 0.2) is 66.7 Å². The minimum absolute atomic E-state index is 0.297. The third-order valence-electron chi connectivity index (χ3n) is 3.85. The Bertz CT molecular complexity index is 878. The van der Waals surface area contributed by atoms with E-state index in [1.807, 2.05) is 54.6 Å². The molecule has 5 heteroatoms. The van der Waals surface area contributed by atoms with Crippen molar-refractivity contribution in [2.24, 2.45) is 0 Å². The molecule has 0 N–H and O–H groups in total. The van der Waals surface area contributed by atoms with Gasteiger partial charge in [0.2, 0.25) is 0 Å². The molecule has 3 aromatic carbocycles. The van der Waals surface area contributed by atoms with Gasteiger partial charge in [-0.2, -0.15) is 5.06 Å². The largest absolute Gasteiger partial charge is 0.489 e. The van der Waals surface area contributed by atoms with E-state index in [2.05, 4.69) is 6.07 Å². The van der Waals surface area contributed by atoms with Crippen molar-refractivity contribution < 1.29 is 19.1 Å². The van der Waals surface area contributed by atoms with Crippen LogP contribution in [0.4, 0.5) is 10.5 Å². The van der Waals surface area contributed by atoms with E-state index < -0.39 is 6.09 Å². The SMILES string of the molecule is COC(=O)N(OC)c1ccccc1COc1ccc2ccccc2c1. The predicted molar refractivity (Wildman–Crippen MR) is 96.6 cm³/mol. The summed E-state index contributed by atoms with van der Waals surface area (Å²) in [6.45, 7) is 0.297. The van der Waals surface area contributed by atoms with Gasteiger partial charge >= 0.3 is 6.09 Å². The number of carbonyl (C=O) groups excluding carboxylic acids is 1. The highest BCUT2D eigenvalue weighted by Gasteiger charge is 2.19. The molecule has 128 valence electrons. The van der Waals surface area contributed by atoms with E-state index in [1.165, 1.54) is 14.2 Å². The number of methoxy groups -OCH3 is 1. The quantitative estimate of drug-likeness (QED) is 0.641. The van der Waals surface area contributed by atoms with E-state index in [1.54, 1.807) is 6.07 Å². The maximum absolute atomic E-state index is 11.9. The first-order chi connectivity index (χ1) is 12.2. The van der Waals surface area contributed by atoms with Gasteiger partial charge in [-0.05, 0) is 29.0 Å². The normalized spacial score (nSPS) is 10.5. The molecule has 0 saturated carbocycles. The van der Waals surface area contributed by atoms with Crippen molar-refractivity contribution >= 4 is 22.6 Å². The molecule has 1 amide bonds. The van der Waals surface area contributed by atoms with Gasteiger partial charge < -0.3 is 9.47 Å². The van der Waals surface area contributed by atoms with Crippen LogP contribution in [0.3, 0.4) is 0 Å². The molecule has 0 aliphatic heterocycles. The molecule has 0 saturated heterocycles. The Morgan fingerprint density at radius 1 is 0.920 bits per heavy atom. The fourth-order valence-corrected chi connectivity index (χ4v) is 2.60. The predicted octanol–water partition coefficient (Wildman–Crippen LogP) is 4.55. The number of hydrogen-bond donors (Lipinski definition) is 0. The van der Waals surface area contributed by atoms with E-state index in [-0.39, 0.29) is 0 Å². The van der Waals surface area contributed by atoms with Crippen LogP contribution in [0.2, 0.25) is 0 Å². The highest BCUT2D eigenvalue weighted by Crippen LogP contribution is 2.25. The minimum Gasteiger partial charge on any atom is -0.489 e. The van der Waals surface area contributed by atoms with Gasteiger partial charge in [-0.15, -0.1) is 0 Å². The molecule has 0 radical (unpaired) electrons. The second-order valence-electron chi connectivity index (χ2n) is 5.37. The number of carbonyl (C=O) groups is 1. The zero-order valence-electron chi connectivity index (χ0n) is 14.1. The first kappa shape index (κ1) is 16.8. The van der Waals surface area contributed by atoms with Gasteiger partial charge in [-0.1, -0.05) is 48.5 Å². The van der Waals surface area contributed by atoms with Crippen LogP contribution in [-0.2, 0) is 16.2 Å². The maximum atomic E-state index is 11.9. The van der Waals surface area contributed by atoms with Crippen molar-refractivity contribution in [3.63, 3.8) is 0 Å². The molecule has 0 heterocycles. The van der Waals surface area contributed by atoms with Crippen molar-refractivity contribution in [1.82, 2.24) is 0 Å². The summed E-state index contributed by atoms with van der Waals surface area (Å²) in [5, 5.41) is 3.37. The summed E-state index contributed by atoms with van der Waals surface area (Å²) in [5.41, 5.74) is 1.39. The number of hydrogen-bond acceptors (Lipinski definition) is 4. The summed E-state index contributed by atoms with van der Waals surface area (Å²) in [5.74, 6) is 0.760. The highest BCUT2D eigenvalue weighted by atomic mass is 16.7. The molecule has 0 unspecified atom stereocenters. The van der Waals surface area contributed by atoms with Crippen LogP contribution in [0.25, 0.3) is 10.8 Å². The lowest BCUT2D eigenvalue weighted by molar-refractivity contribution is 0.115. The first-order valence-corrected chi connectivity index (χ1v) is 7.84. The summed E-state index contributed by atoms with van der Waals surface area (Å²) in [4.78, 5) is 17.0. The lowest BCUT2D eigenvalue weighted by Gasteiger charge is -2.21. The van der Waals surface area contributed by atoms with E-state index >= 15 is 0 Å². The minimum atomic E-state index is -0.597. The Morgan fingerprint density at radius 2 is 1.64 bits per heavy atom. The molecule has 0 aromatic heterocycles. The van der Waals surface area contributed by atoms with Gasteiger partial charge in [-0.3, -0.25) is 4.84 Å². The second-order valence-corrected chi connectivity index (χ2v) is 5.37. The highest BCUT2D eigenvalue weighted by molar-refractivity contribution is 5.86. The molecule has 0 atom stereocenters. The third kappa shape index (κ3) is 3.72. The topological polar surface area (TPSA) is 48.0 Å². The molecule has 0 spiro atoms. The molecule has 0 aliphatic carbocycles. The van der Waals surface area contributed by atoms with Crippen LogP contribution in [-0.4, -0.2) is 20.3 Å². The van der Waals surface area contributed by atoms with Crippen molar-refractivity contribution in [1.29, 1.82) is 0 Å². The Labute approximate surface area is 146 Å². The monoisotopic (exact) mass is 337 g/mol. The molecule has 25 heavy (non-hydrogen) atoms. The number of benzene rings is 3. The van der Waals surface area contributed by atoms with Gasteiger partial charge in [-0.25, -0.2) is 4.79 Å². The lowest BCUT2D eigenvalue weighted by Crippen LogP contribution is -2.30. The first-order valence-electron chi connectivity index (χ1n) is 7.84. The maximum Gasteiger partial charge on any atom is 0.438 e. The number of amides is 1. The van der Waals surface area contributed by atoms with Crippen molar-refractivity contribution in [3.8, 4) is 5.75 Å². The molecule has 0 bridgehead atoms. The van der Waals surface area contributed by atoms with E-state index in [0.717, 1.165) is 27.1 Å². The standard InChI is InChI=1S/C20H19NO4/c1-23-20(22)21(24-2)19-10-6-5-9-17(19)14-25-18-12-11-15-7-3-4-8-16(15)13-18/h3-13H,14H2,1-2H3. The van der Waals surface area contributed by atoms with E-state index in [9.17, 15) is 4.79 Å². The van der Waals surface area contributed by atoms with Gasteiger partial charge in [0.05, 0.1) is 19.9 Å². The lowest BCUT2D eigenvalue weighted by atomic mass is 10.1. The Balaban J connectivity index is 1.81. The Kier molecular flexibility index (Phi) is 5.16. The summed E-state index contributed by atoms with van der Waals surface area (Å²) in [6.07, 6.45) is -0.597. The summed E-state index contributed by atoms with van der Waals surface area (Å²) in [7, 11) is 2.72. The van der Waals surface area contributed by atoms with Crippen LogP contribution >= 0.6 is 0 Å². The van der Waals surface area contributed by atoms with Gasteiger partial charge in [0.25, 0.3) is 0 Å². The van der Waals surface area contributed by atoms with Crippen LogP contribution in [0, 0.1) is 0 Å². The summed E-state index contributed by atoms with van der Waals surface area (Å²) < 4.78 is 10.7. The number of hydroxylamine groups is 1. The van der Waals surface area contributed by atoms with E-state index in [4.69, 9.17) is 14.3 Å². The fraction of sp³-hybridized carbons (Fsp3) is 0.150. The molecule has 0 aliphatic rings. The average Bonchev–Trinajstić information content (AvgIpc) is 2.67. The molecule has 0 fully saturated rings. The molecular weight excluding hydrogens is 318 g/mol. The number of anilines is 1. The van der Waals surface area contributed by atoms with Gasteiger partial charge in [0.15, 0.2) is 0 Å². The Morgan fingerprint density at radius 3 is 2.40 bits per heavy atom. The molecule has 5 nitrogen and oxygen atoms in total. The number of ether oxygens (including phenoxy) is 2. The average molecular weight is 337 g/mol. The summed E-state index contributed by atoms with van der Waals surface area (Å²) >= 11 is 0. The smallest absolute Gasteiger partial charge is 0.438 e. The third-order valence-corrected chi connectivity index (χ3v) is 3.85. The van der Waals surface area contributed by atoms with Crippen molar-refractivity contribution in [2.45, 2.75) is 6.61 Å². The van der Waals surface area contributed by atoms with Crippen molar-refractivity contribution in [3.05, 3.63) is 72.3 Å². The van der Waals surface area contributed by atoms with Crippen LogP contribution in [0.1, 0.15) is 5.56 Å². The van der Waals surface area contributed by atoms with Gasteiger partial charge in [0, 0.05) is 5.56 Å². The number of fused-ring (bicyclic) bond motifs is 1. The van der Waals surface area contributed by atoms with Gasteiger partial charge in [0.1, 0.15) is 12.4 Å². The zero-order chi connectivity index (χ0) is 17.6. The van der Waals surface area contributed by atoms with Crippen LogP contribution < -0.4 is 9.80 Å². The number of nitrogens with zero attached hydrogens (tertiary/aromatic N) is 1. The Hall–Kier alpha value is -3.05. The molecular formula is C20H19NO4. The number of rotatable bonds is 5. The van der Waals surface area contributed by atoms with E-state index in [0.29, 0.717) is 12.3 Å². The molecule has 3 rings (SSSR count). The zero-order valence-corrected chi connectivity index (χ0v) is 14.1. The number of para-hydroxylation sites is 1. The van der Waals surface area contributed by atoms with Crippen molar-refractivity contribution in [2.75, 3.05) is 19.3 Å². The second kappa shape index (κ2) is 7.68. The van der Waals surface area contributed by atoms with Crippen LogP contribution in [0.5, 0.6) is 5.75 Å². The fourth-order valence-electron chi connectivity index (χ4n) is 2.60. The summed E-state index contributed by atoms with van der Waals surface area (Å²) in [6, 6.07) is 21.4. The molecule has 3 aromatic rings.